The highest BCUT2D eigenvalue weighted by molar-refractivity contribution is 4.81. The lowest BCUT2D eigenvalue weighted by atomic mass is 10.0. The van der Waals surface area contributed by atoms with Crippen molar-refractivity contribution in [3.63, 3.8) is 0 Å². The van der Waals surface area contributed by atoms with Crippen LogP contribution < -0.4 is 0 Å². The summed E-state index contributed by atoms with van der Waals surface area (Å²) in [5.41, 5.74) is 0. The largest absolute Gasteiger partial charge is 0.379 e. The smallest absolute Gasteiger partial charge is 0.0624 e. The molecule has 1 aliphatic rings. The molecule has 0 bridgehead atoms. The lowest BCUT2D eigenvalue weighted by Crippen LogP contribution is -2.46. The molecule has 84 valence electrons. The van der Waals surface area contributed by atoms with Gasteiger partial charge in [0.05, 0.1) is 13.2 Å². The fourth-order valence-corrected chi connectivity index (χ4v) is 2.20. The summed E-state index contributed by atoms with van der Waals surface area (Å²) in [6.45, 7) is 14.4. The van der Waals surface area contributed by atoms with Crippen molar-refractivity contribution in [1.82, 2.24) is 4.90 Å². The Hall–Kier alpha value is -0.0800. The van der Waals surface area contributed by atoms with E-state index < -0.39 is 0 Å². The quantitative estimate of drug-likeness (QED) is 0.677. The van der Waals surface area contributed by atoms with Crippen LogP contribution >= 0.6 is 0 Å². The van der Waals surface area contributed by atoms with E-state index in [1.54, 1.807) is 0 Å². The van der Waals surface area contributed by atoms with E-state index in [2.05, 4.69) is 39.5 Å². The molecular weight excluding hydrogens is 174 g/mol. The van der Waals surface area contributed by atoms with Gasteiger partial charge in [0.25, 0.3) is 0 Å². The van der Waals surface area contributed by atoms with E-state index in [0.717, 1.165) is 13.2 Å². The molecule has 1 fully saturated rings. The molecule has 2 heteroatoms. The Morgan fingerprint density at radius 1 is 1.14 bits per heavy atom. The Kier molecular flexibility index (Phi) is 4.39. The summed E-state index contributed by atoms with van der Waals surface area (Å²) >= 11 is 0. The van der Waals surface area contributed by atoms with E-state index in [1.165, 1.54) is 6.54 Å². The van der Waals surface area contributed by atoms with Crippen molar-refractivity contribution in [1.29, 1.82) is 0 Å². The Morgan fingerprint density at radius 2 is 1.79 bits per heavy atom. The second kappa shape index (κ2) is 5.13. The van der Waals surface area contributed by atoms with Crippen LogP contribution in [0.2, 0.25) is 0 Å². The van der Waals surface area contributed by atoms with Gasteiger partial charge in [-0.15, -0.1) is 0 Å². The average Bonchev–Trinajstić information content (AvgIpc) is 2.26. The van der Waals surface area contributed by atoms with Crippen molar-refractivity contribution < 1.29 is 4.74 Å². The summed E-state index contributed by atoms with van der Waals surface area (Å²) in [4.78, 5) is 2.60. The first-order valence-corrected chi connectivity index (χ1v) is 5.85. The third-order valence-corrected chi connectivity index (χ3v) is 3.07. The molecule has 0 radical (unpaired) electrons. The zero-order chi connectivity index (χ0) is 10.7. The second-order valence-corrected chi connectivity index (χ2v) is 5.24. The van der Waals surface area contributed by atoms with E-state index >= 15 is 0 Å². The highest BCUT2D eigenvalue weighted by Gasteiger charge is 2.28. The average molecular weight is 199 g/mol. The molecule has 0 aromatic carbocycles. The lowest BCUT2D eigenvalue weighted by molar-refractivity contribution is 0.0623. The molecule has 2 unspecified atom stereocenters. The van der Waals surface area contributed by atoms with E-state index in [4.69, 9.17) is 4.74 Å². The van der Waals surface area contributed by atoms with Crippen LogP contribution in [0.1, 0.15) is 34.6 Å². The molecule has 1 aliphatic heterocycles. The molecule has 1 rings (SSSR count). The van der Waals surface area contributed by atoms with Gasteiger partial charge in [-0.05, 0) is 25.7 Å². The Morgan fingerprint density at radius 3 is 2.29 bits per heavy atom. The maximum Gasteiger partial charge on any atom is 0.0624 e. The van der Waals surface area contributed by atoms with Gasteiger partial charge in [-0.3, -0.25) is 4.90 Å². The third kappa shape index (κ3) is 2.96. The predicted molar refractivity (Wildman–Crippen MR) is 60.5 cm³/mol. The molecule has 2 atom stereocenters. The van der Waals surface area contributed by atoms with Crippen molar-refractivity contribution in [2.75, 3.05) is 19.8 Å². The van der Waals surface area contributed by atoms with Crippen molar-refractivity contribution >= 4 is 0 Å². The normalized spacial score (nSPS) is 31.1. The summed E-state index contributed by atoms with van der Waals surface area (Å²) < 4.78 is 5.72. The zero-order valence-electron chi connectivity index (χ0n) is 10.3. The summed E-state index contributed by atoms with van der Waals surface area (Å²) in [6, 6.07) is 1.23. The van der Waals surface area contributed by atoms with Crippen molar-refractivity contribution in [2.24, 2.45) is 11.8 Å². The van der Waals surface area contributed by atoms with Gasteiger partial charge in [-0.1, -0.05) is 20.8 Å². The summed E-state index contributed by atoms with van der Waals surface area (Å²) in [6.07, 6.45) is 0. The van der Waals surface area contributed by atoms with Crippen LogP contribution in [-0.4, -0.2) is 36.7 Å². The Bertz CT molecular complexity index is 168. The molecular formula is C12H25NO. The minimum absolute atomic E-state index is 0.597. The second-order valence-electron chi connectivity index (χ2n) is 5.24. The maximum absolute atomic E-state index is 5.72. The van der Waals surface area contributed by atoms with Gasteiger partial charge in [0.15, 0.2) is 0 Å². The van der Waals surface area contributed by atoms with Crippen LogP contribution in [0.15, 0.2) is 0 Å². The van der Waals surface area contributed by atoms with Crippen molar-refractivity contribution in [2.45, 2.75) is 46.7 Å². The molecule has 0 N–H and O–H groups in total. The fourth-order valence-electron chi connectivity index (χ4n) is 2.20. The van der Waals surface area contributed by atoms with Gasteiger partial charge in [-0.25, -0.2) is 0 Å². The molecule has 0 spiro atoms. The topological polar surface area (TPSA) is 12.5 Å². The number of nitrogens with zero attached hydrogens (tertiary/aromatic N) is 1. The number of ether oxygens (including phenoxy) is 1. The first-order chi connectivity index (χ1) is 6.52. The maximum atomic E-state index is 5.72. The van der Waals surface area contributed by atoms with E-state index in [1.807, 2.05) is 0 Å². The third-order valence-electron chi connectivity index (χ3n) is 3.07. The molecule has 0 aromatic rings. The summed E-state index contributed by atoms with van der Waals surface area (Å²) in [5.74, 6) is 1.35. The SMILES string of the molecule is CC1COCC(C(C)C)N(C(C)C)C1. The molecule has 0 saturated carbocycles. The standard InChI is InChI=1S/C12H25NO/c1-9(2)12-8-14-7-11(5)6-13(12)10(3)4/h9-12H,6-8H2,1-5H3. The van der Waals surface area contributed by atoms with Gasteiger partial charge < -0.3 is 4.74 Å². The van der Waals surface area contributed by atoms with Gasteiger partial charge in [0.1, 0.15) is 0 Å². The highest BCUT2D eigenvalue weighted by Crippen LogP contribution is 2.20. The van der Waals surface area contributed by atoms with E-state index in [9.17, 15) is 0 Å². The molecule has 1 heterocycles. The predicted octanol–water partition coefficient (Wildman–Crippen LogP) is 2.39. The van der Waals surface area contributed by atoms with Crippen LogP contribution in [0.4, 0.5) is 0 Å². The molecule has 0 amide bonds. The van der Waals surface area contributed by atoms with E-state index in [0.29, 0.717) is 23.9 Å². The molecule has 0 aromatic heterocycles. The van der Waals surface area contributed by atoms with Crippen LogP contribution in [0.3, 0.4) is 0 Å². The van der Waals surface area contributed by atoms with Crippen LogP contribution in [0.5, 0.6) is 0 Å². The summed E-state index contributed by atoms with van der Waals surface area (Å²) in [5, 5.41) is 0. The van der Waals surface area contributed by atoms with Crippen molar-refractivity contribution in [3.8, 4) is 0 Å². The first-order valence-electron chi connectivity index (χ1n) is 5.85. The molecule has 0 aliphatic carbocycles. The van der Waals surface area contributed by atoms with Crippen LogP contribution in [-0.2, 0) is 4.74 Å². The molecule has 2 nitrogen and oxygen atoms in total. The number of hydrogen-bond acceptors (Lipinski definition) is 2. The zero-order valence-corrected chi connectivity index (χ0v) is 10.3. The Labute approximate surface area is 88.6 Å². The molecule has 1 saturated heterocycles. The van der Waals surface area contributed by atoms with Gasteiger partial charge in [0, 0.05) is 18.6 Å². The minimum Gasteiger partial charge on any atom is -0.379 e. The van der Waals surface area contributed by atoms with Gasteiger partial charge in [-0.2, -0.15) is 0 Å². The van der Waals surface area contributed by atoms with Crippen molar-refractivity contribution in [3.05, 3.63) is 0 Å². The minimum atomic E-state index is 0.597. The van der Waals surface area contributed by atoms with Gasteiger partial charge in [0.2, 0.25) is 0 Å². The highest BCUT2D eigenvalue weighted by atomic mass is 16.5. The lowest BCUT2D eigenvalue weighted by Gasteiger charge is -2.36. The van der Waals surface area contributed by atoms with Crippen LogP contribution in [0.25, 0.3) is 0 Å². The van der Waals surface area contributed by atoms with Gasteiger partial charge >= 0.3 is 0 Å². The number of hydrogen-bond donors (Lipinski definition) is 0. The Balaban J connectivity index is 2.69. The van der Waals surface area contributed by atoms with Crippen LogP contribution in [0, 0.1) is 11.8 Å². The van der Waals surface area contributed by atoms with E-state index in [-0.39, 0.29) is 0 Å². The molecule has 14 heavy (non-hydrogen) atoms. The first kappa shape index (κ1) is 12.0. The monoisotopic (exact) mass is 199 g/mol. The fraction of sp³-hybridized carbons (Fsp3) is 1.00. The number of rotatable bonds is 2. The summed E-state index contributed by atoms with van der Waals surface area (Å²) in [7, 11) is 0.